The summed E-state index contributed by atoms with van der Waals surface area (Å²) in [5, 5.41) is 5.12. The molecule has 154 valence electrons. The number of likely N-dealkylation sites (N-methyl/N-ethyl adjacent to an activating group) is 1. The molecule has 0 amide bonds. The fourth-order valence-corrected chi connectivity index (χ4v) is 5.82. The third-order valence-electron chi connectivity index (χ3n) is 5.92. The van der Waals surface area contributed by atoms with Crippen molar-refractivity contribution in [1.82, 2.24) is 33.3 Å². The molecule has 0 atom stereocenters. The highest BCUT2D eigenvalue weighted by Crippen LogP contribution is 2.47. The number of hydrogen-bond acceptors (Lipinski definition) is 6. The van der Waals surface area contributed by atoms with Crippen LogP contribution >= 0.6 is 0 Å². The van der Waals surface area contributed by atoms with Crippen LogP contribution in [0.3, 0.4) is 0 Å². The molecule has 0 unspecified atom stereocenters. The van der Waals surface area contributed by atoms with Crippen molar-refractivity contribution < 1.29 is 8.42 Å². The second-order valence-electron chi connectivity index (χ2n) is 7.75. The molecule has 1 spiro atoms. The molecule has 0 radical (unpaired) electrons. The van der Waals surface area contributed by atoms with E-state index in [1.165, 1.54) is 4.31 Å². The highest BCUT2D eigenvalue weighted by atomic mass is 32.2. The lowest BCUT2D eigenvalue weighted by atomic mass is 10.2. The average molecular weight is 417 g/mol. The standard InChI is InChI=1S/C18H24N8O2S/c1-23(9-11-25-8-2-6-22-25)29(27,28)26-12-10-24(13-18(26)4-5-18)17-15-3-7-19-16(15)20-14-21-17/h2-3,6-8,14H,4-5,9-13H2,1H3,(H,19,20,21). The minimum Gasteiger partial charge on any atom is -0.353 e. The number of aromatic nitrogens is 5. The summed E-state index contributed by atoms with van der Waals surface area (Å²) in [5.74, 6) is 0.867. The molecule has 5 rings (SSSR count). The molecule has 1 aliphatic heterocycles. The van der Waals surface area contributed by atoms with Gasteiger partial charge in [-0.15, -0.1) is 0 Å². The number of fused-ring (bicyclic) bond motifs is 1. The SMILES string of the molecule is CN(CCn1cccn1)S(=O)(=O)N1CCN(c2ncnc3[nH]ccc23)CC12CC2. The zero-order chi connectivity index (χ0) is 20.1. The van der Waals surface area contributed by atoms with Crippen LogP contribution in [-0.2, 0) is 16.8 Å². The molecule has 1 saturated carbocycles. The maximum Gasteiger partial charge on any atom is 0.282 e. The fraction of sp³-hybridized carbons (Fsp3) is 0.500. The van der Waals surface area contributed by atoms with Gasteiger partial charge in [0.15, 0.2) is 0 Å². The van der Waals surface area contributed by atoms with Gasteiger partial charge in [-0.25, -0.2) is 9.97 Å². The summed E-state index contributed by atoms with van der Waals surface area (Å²) in [7, 11) is -1.89. The molecule has 0 aromatic carbocycles. The number of aromatic amines is 1. The van der Waals surface area contributed by atoms with Crippen LogP contribution in [-0.4, -0.2) is 80.5 Å². The Morgan fingerprint density at radius 1 is 1.28 bits per heavy atom. The largest absolute Gasteiger partial charge is 0.353 e. The number of H-pyrrole nitrogens is 1. The third-order valence-corrected chi connectivity index (χ3v) is 8.02. The Bertz CT molecular complexity index is 1110. The van der Waals surface area contributed by atoms with Gasteiger partial charge in [-0.05, 0) is 25.0 Å². The number of hydrogen-bond donors (Lipinski definition) is 1. The van der Waals surface area contributed by atoms with Gasteiger partial charge in [-0.1, -0.05) is 0 Å². The molecular formula is C18H24N8O2S. The van der Waals surface area contributed by atoms with Crippen LogP contribution in [0.15, 0.2) is 37.1 Å². The first kappa shape index (κ1) is 18.5. The summed E-state index contributed by atoms with van der Waals surface area (Å²) in [6.07, 6.45) is 8.69. The molecule has 10 nitrogen and oxygen atoms in total. The van der Waals surface area contributed by atoms with Crippen LogP contribution in [0.5, 0.6) is 0 Å². The van der Waals surface area contributed by atoms with Crippen LogP contribution in [0.25, 0.3) is 11.0 Å². The summed E-state index contributed by atoms with van der Waals surface area (Å²) in [4.78, 5) is 14.0. The predicted octanol–water partition coefficient (Wildman–Crippen LogP) is 0.686. The Kier molecular flexibility index (Phi) is 4.33. The van der Waals surface area contributed by atoms with E-state index in [1.807, 2.05) is 24.5 Å². The number of piperazine rings is 1. The van der Waals surface area contributed by atoms with E-state index in [0.29, 0.717) is 32.7 Å². The van der Waals surface area contributed by atoms with Crippen LogP contribution in [0.1, 0.15) is 12.8 Å². The van der Waals surface area contributed by atoms with Gasteiger partial charge in [0, 0.05) is 51.8 Å². The number of anilines is 1. The molecule has 1 saturated heterocycles. The molecule has 2 fully saturated rings. The normalized spacial score (nSPS) is 19.4. The van der Waals surface area contributed by atoms with Crippen LogP contribution < -0.4 is 4.90 Å². The summed E-state index contributed by atoms with van der Waals surface area (Å²) in [6.45, 7) is 2.62. The van der Waals surface area contributed by atoms with Crippen molar-refractivity contribution in [3.05, 3.63) is 37.1 Å². The smallest absolute Gasteiger partial charge is 0.282 e. The highest BCUT2D eigenvalue weighted by Gasteiger charge is 2.56. The van der Waals surface area contributed by atoms with Crippen LogP contribution in [0.4, 0.5) is 5.82 Å². The molecule has 1 aliphatic carbocycles. The van der Waals surface area contributed by atoms with Crippen molar-refractivity contribution in [2.75, 3.05) is 38.1 Å². The van der Waals surface area contributed by atoms with Crippen molar-refractivity contribution in [3.63, 3.8) is 0 Å². The quantitative estimate of drug-likeness (QED) is 0.634. The van der Waals surface area contributed by atoms with E-state index in [4.69, 9.17) is 0 Å². The summed E-state index contributed by atoms with van der Waals surface area (Å²) in [5.41, 5.74) is 0.457. The minimum atomic E-state index is -3.54. The van der Waals surface area contributed by atoms with Crippen molar-refractivity contribution in [2.45, 2.75) is 24.9 Å². The molecule has 29 heavy (non-hydrogen) atoms. The van der Waals surface area contributed by atoms with Gasteiger partial charge >= 0.3 is 0 Å². The third kappa shape index (κ3) is 3.18. The Balaban J connectivity index is 1.33. The van der Waals surface area contributed by atoms with Crippen LogP contribution in [0, 0.1) is 0 Å². The topological polar surface area (TPSA) is 103 Å². The monoisotopic (exact) mass is 416 g/mol. The van der Waals surface area contributed by atoms with Crippen molar-refractivity contribution in [2.24, 2.45) is 0 Å². The molecule has 4 heterocycles. The van der Waals surface area contributed by atoms with Gasteiger partial charge in [0.1, 0.15) is 17.8 Å². The molecule has 0 bridgehead atoms. The molecular weight excluding hydrogens is 392 g/mol. The zero-order valence-corrected chi connectivity index (χ0v) is 17.1. The van der Waals surface area contributed by atoms with Crippen molar-refractivity contribution in [1.29, 1.82) is 0 Å². The number of nitrogens with zero attached hydrogens (tertiary/aromatic N) is 7. The van der Waals surface area contributed by atoms with E-state index in [0.717, 1.165) is 29.7 Å². The van der Waals surface area contributed by atoms with Gasteiger partial charge in [-0.2, -0.15) is 22.1 Å². The Morgan fingerprint density at radius 2 is 2.14 bits per heavy atom. The van der Waals surface area contributed by atoms with E-state index in [2.05, 4.69) is 25.0 Å². The maximum atomic E-state index is 13.3. The Labute approximate surface area is 169 Å². The zero-order valence-electron chi connectivity index (χ0n) is 16.3. The van der Waals surface area contributed by atoms with Crippen molar-refractivity contribution >= 4 is 27.1 Å². The lowest BCUT2D eigenvalue weighted by Gasteiger charge is -2.43. The summed E-state index contributed by atoms with van der Waals surface area (Å²) < 4.78 is 31.5. The second-order valence-corrected chi connectivity index (χ2v) is 9.71. The average Bonchev–Trinajstić information content (AvgIpc) is 3.15. The van der Waals surface area contributed by atoms with E-state index >= 15 is 0 Å². The van der Waals surface area contributed by atoms with Gasteiger partial charge in [0.25, 0.3) is 10.2 Å². The number of rotatable bonds is 6. The first-order valence-electron chi connectivity index (χ1n) is 9.74. The first-order valence-corrected chi connectivity index (χ1v) is 11.1. The van der Waals surface area contributed by atoms with Gasteiger partial charge in [0.2, 0.25) is 0 Å². The van der Waals surface area contributed by atoms with Crippen LogP contribution in [0.2, 0.25) is 0 Å². The number of nitrogens with one attached hydrogen (secondary N) is 1. The van der Waals surface area contributed by atoms with Gasteiger partial charge in [0.05, 0.1) is 17.5 Å². The molecule has 3 aromatic heterocycles. The molecule has 3 aromatic rings. The van der Waals surface area contributed by atoms with E-state index < -0.39 is 10.2 Å². The van der Waals surface area contributed by atoms with Gasteiger partial charge in [-0.3, -0.25) is 4.68 Å². The van der Waals surface area contributed by atoms with Crippen molar-refractivity contribution in [3.8, 4) is 0 Å². The first-order chi connectivity index (χ1) is 14.0. The van der Waals surface area contributed by atoms with Gasteiger partial charge < -0.3 is 9.88 Å². The van der Waals surface area contributed by atoms with E-state index in [-0.39, 0.29) is 5.54 Å². The highest BCUT2D eigenvalue weighted by molar-refractivity contribution is 7.86. The lowest BCUT2D eigenvalue weighted by Crippen LogP contribution is -2.60. The lowest BCUT2D eigenvalue weighted by molar-refractivity contribution is 0.249. The second kappa shape index (κ2) is 6.78. The summed E-state index contributed by atoms with van der Waals surface area (Å²) >= 11 is 0. The van der Waals surface area contributed by atoms with E-state index in [9.17, 15) is 8.42 Å². The minimum absolute atomic E-state index is 0.343. The maximum absolute atomic E-state index is 13.3. The van der Waals surface area contributed by atoms with E-state index in [1.54, 1.807) is 28.6 Å². The molecule has 1 N–H and O–H groups in total. The Morgan fingerprint density at radius 3 is 2.90 bits per heavy atom. The molecule has 2 aliphatic rings. The Hall–Kier alpha value is -2.50. The molecule has 11 heteroatoms. The fourth-order valence-electron chi connectivity index (χ4n) is 4.12. The summed E-state index contributed by atoms with van der Waals surface area (Å²) in [6, 6.07) is 3.80. The predicted molar refractivity (Wildman–Crippen MR) is 109 cm³/mol.